The van der Waals surface area contributed by atoms with E-state index in [1.807, 2.05) is 6.07 Å². The topological polar surface area (TPSA) is 73.8 Å². The van der Waals surface area contributed by atoms with Gasteiger partial charge in [-0.3, -0.25) is 9.59 Å². The van der Waals surface area contributed by atoms with E-state index in [2.05, 4.69) is 34.6 Å². The molecule has 0 unspecified atom stereocenters. The molecule has 2 amide bonds. The second kappa shape index (κ2) is 15.3. The number of carbonyl (C=O) groups excluding carboxylic acids is 2. The minimum atomic E-state index is -4.64. The number of carbonyl (C=O) groups is 2. The highest BCUT2D eigenvalue weighted by molar-refractivity contribution is 7.98. The van der Waals surface area contributed by atoms with Gasteiger partial charge in [-0.15, -0.1) is 0 Å². The van der Waals surface area contributed by atoms with E-state index in [4.69, 9.17) is 23.2 Å². The lowest BCUT2D eigenvalue weighted by Gasteiger charge is -2.17. The smallest absolute Gasteiger partial charge is 0.321 e. The number of anilines is 1. The van der Waals surface area contributed by atoms with E-state index in [0.717, 1.165) is 55.1 Å². The van der Waals surface area contributed by atoms with Crippen LogP contribution in [0.1, 0.15) is 51.3 Å². The Morgan fingerprint density at radius 2 is 1.76 bits per heavy atom. The van der Waals surface area contributed by atoms with Crippen LogP contribution in [0.4, 0.5) is 18.9 Å². The van der Waals surface area contributed by atoms with Crippen molar-refractivity contribution < 1.29 is 22.8 Å². The minimum absolute atomic E-state index is 0.0261. The van der Waals surface area contributed by atoms with Gasteiger partial charge in [0.05, 0.1) is 28.1 Å². The first-order chi connectivity index (χ1) is 19.5. The van der Waals surface area contributed by atoms with Crippen LogP contribution >= 0.6 is 35.0 Å². The van der Waals surface area contributed by atoms with Crippen LogP contribution in [0.2, 0.25) is 10.0 Å². The molecule has 0 atom stereocenters. The quantitative estimate of drug-likeness (QED) is 0.124. The van der Waals surface area contributed by atoms with Crippen molar-refractivity contribution in [3.8, 4) is 0 Å². The second-order valence-corrected chi connectivity index (χ2v) is 10.8. The molecule has 3 aromatic rings. The summed E-state index contributed by atoms with van der Waals surface area (Å²) >= 11 is 13.5. The predicted molar refractivity (Wildman–Crippen MR) is 161 cm³/mol. The molecule has 0 aliphatic rings. The number of hydrogen-bond donors (Lipinski definition) is 2. The average molecular weight is 626 g/mol. The summed E-state index contributed by atoms with van der Waals surface area (Å²) in [6.07, 6.45) is -3.58. The summed E-state index contributed by atoms with van der Waals surface area (Å²) in [4.78, 5) is 28.2. The lowest BCUT2D eigenvalue weighted by molar-refractivity contribution is -0.137. The molecule has 3 aromatic carbocycles. The van der Waals surface area contributed by atoms with Crippen LogP contribution in [0.15, 0.2) is 65.8 Å². The number of alkyl halides is 3. The standard InChI is InChI=1S/C29H29Cl2F3N4O2S/c1-3-38(4-2)12-13-41-18-20-6-5-7-21(14-20)27(39)36-26-11-9-22(30)16-23(26)28(40)37-35-17-19-8-10-25(31)24(15-19)29(32,33)34/h5-11,14-17H,3-4,12-13,18H2,1-2H3,(H,36,39)(H,37,40). The fraction of sp³-hybridized carbons (Fsp3) is 0.276. The molecule has 41 heavy (non-hydrogen) atoms. The Hall–Kier alpha value is -3.05. The van der Waals surface area contributed by atoms with Crippen molar-refractivity contribution in [2.24, 2.45) is 5.10 Å². The van der Waals surface area contributed by atoms with E-state index >= 15 is 0 Å². The molecule has 2 N–H and O–H groups in total. The first-order valence-electron chi connectivity index (χ1n) is 12.7. The number of hydrogen-bond acceptors (Lipinski definition) is 5. The lowest BCUT2D eigenvalue weighted by atomic mass is 10.1. The highest BCUT2D eigenvalue weighted by Crippen LogP contribution is 2.34. The number of amides is 2. The molecule has 0 radical (unpaired) electrons. The molecule has 218 valence electrons. The van der Waals surface area contributed by atoms with Crippen molar-refractivity contribution in [2.75, 3.05) is 30.7 Å². The number of rotatable bonds is 12. The van der Waals surface area contributed by atoms with Crippen molar-refractivity contribution in [1.29, 1.82) is 0 Å². The summed E-state index contributed by atoms with van der Waals surface area (Å²) in [6, 6.07) is 14.9. The molecule has 12 heteroatoms. The van der Waals surface area contributed by atoms with Gasteiger partial charge < -0.3 is 10.2 Å². The Balaban J connectivity index is 1.67. The van der Waals surface area contributed by atoms with Crippen LogP contribution in [0.5, 0.6) is 0 Å². The highest BCUT2D eigenvalue weighted by Gasteiger charge is 2.33. The molecule has 0 saturated heterocycles. The molecule has 0 saturated carbocycles. The SMILES string of the molecule is CCN(CC)CCSCc1cccc(C(=O)Nc2ccc(Cl)cc2C(=O)NN=Cc2ccc(Cl)c(C(F)(F)F)c2)c1. The van der Waals surface area contributed by atoms with Gasteiger partial charge in [0.1, 0.15) is 0 Å². The van der Waals surface area contributed by atoms with E-state index in [9.17, 15) is 22.8 Å². The summed E-state index contributed by atoms with van der Waals surface area (Å²) < 4.78 is 39.3. The van der Waals surface area contributed by atoms with Gasteiger partial charge in [-0.1, -0.05) is 55.2 Å². The van der Waals surface area contributed by atoms with Crippen LogP contribution in [0, 0.1) is 0 Å². The number of thioether (sulfide) groups is 1. The van der Waals surface area contributed by atoms with Crippen LogP contribution in [-0.2, 0) is 11.9 Å². The van der Waals surface area contributed by atoms with Gasteiger partial charge in [0, 0.05) is 28.6 Å². The van der Waals surface area contributed by atoms with Gasteiger partial charge in [0.2, 0.25) is 0 Å². The Morgan fingerprint density at radius 1 is 1.00 bits per heavy atom. The van der Waals surface area contributed by atoms with Crippen LogP contribution < -0.4 is 10.7 Å². The third-order valence-corrected chi connectivity index (χ3v) is 7.63. The molecular weight excluding hydrogens is 596 g/mol. The largest absolute Gasteiger partial charge is 0.417 e. The summed E-state index contributed by atoms with van der Waals surface area (Å²) in [5, 5.41) is 6.28. The Labute approximate surface area is 251 Å². The maximum atomic E-state index is 13.1. The normalized spacial score (nSPS) is 11.7. The molecule has 0 fully saturated rings. The monoisotopic (exact) mass is 624 g/mol. The average Bonchev–Trinajstić information content (AvgIpc) is 2.94. The van der Waals surface area contributed by atoms with Gasteiger partial charge in [0.15, 0.2) is 0 Å². The first-order valence-corrected chi connectivity index (χ1v) is 14.6. The van der Waals surface area contributed by atoms with Crippen LogP contribution in [0.3, 0.4) is 0 Å². The fourth-order valence-corrected chi connectivity index (χ4v) is 5.14. The highest BCUT2D eigenvalue weighted by atomic mass is 35.5. The summed E-state index contributed by atoms with van der Waals surface area (Å²) in [6.45, 7) is 7.29. The molecule has 0 aliphatic carbocycles. The van der Waals surface area contributed by atoms with Gasteiger partial charge >= 0.3 is 6.18 Å². The Kier molecular flexibility index (Phi) is 12.1. The molecule has 0 spiro atoms. The third kappa shape index (κ3) is 9.78. The summed E-state index contributed by atoms with van der Waals surface area (Å²) in [7, 11) is 0. The van der Waals surface area contributed by atoms with Crippen molar-refractivity contribution >= 4 is 58.7 Å². The van der Waals surface area contributed by atoms with Gasteiger partial charge in [-0.25, -0.2) is 5.43 Å². The zero-order chi connectivity index (χ0) is 30.0. The molecule has 0 aromatic heterocycles. The Bertz CT molecular complexity index is 1400. The number of nitrogens with zero attached hydrogens (tertiary/aromatic N) is 2. The maximum Gasteiger partial charge on any atom is 0.417 e. The minimum Gasteiger partial charge on any atom is -0.321 e. The number of halogens is 5. The molecular formula is C29H29Cl2F3N4O2S. The van der Waals surface area contributed by atoms with E-state index in [0.29, 0.717) is 5.56 Å². The third-order valence-electron chi connectivity index (χ3n) is 6.05. The fourth-order valence-electron chi connectivity index (χ4n) is 3.80. The van der Waals surface area contributed by atoms with Crippen molar-refractivity contribution in [3.63, 3.8) is 0 Å². The summed E-state index contributed by atoms with van der Waals surface area (Å²) in [5.74, 6) is 0.599. The zero-order valence-electron chi connectivity index (χ0n) is 22.4. The Morgan fingerprint density at radius 3 is 2.46 bits per heavy atom. The van der Waals surface area contributed by atoms with Crippen LogP contribution in [0.25, 0.3) is 0 Å². The molecule has 6 nitrogen and oxygen atoms in total. The number of nitrogens with one attached hydrogen (secondary N) is 2. The van der Waals surface area contributed by atoms with Gasteiger partial charge in [0.25, 0.3) is 11.8 Å². The van der Waals surface area contributed by atoms with E-state index in [1.165, 1.54) is 24.3 Å². The maximum absolute atomic E-state index is 13.1. The van der Waals surface area contributed by atoms with E-state index in [-0.39, 0.29) is 21.8 Å². The van der Waals surface area contributed by atoms with E-state index in [1.54, 1.807) is 30.0 Å². The number of hydrazone groups is 1. The van der Waals surface area contributed by atoms with Crippen molar-refractivity contribution in [2.45, 2.75) is 25.8 Å². The molecule has 0 bridgehead atoms. The second-order valence-electron chi connectivity index (χ2n) is 8.86. The predicted octanol–water partition coefficient (Wildman–Crippen LogP) is 7.60. The zero-order valence-corrected chi connectivity index (χ0v) is 24.7. The molecule has 0 heterocycles. The molecule has 3 rings (SSSR count). The first kappa shape index (κ1) is 32.5. The number of benzene rings is 3. The van der Waals surface area contributed by atoms with Crippen molar-refractivity contribution in [3.05, 3.63) is 98.5 Å². The van der Waals surface area contributed by atoms with E-state index < -0.39 is 28.6 Å². The molecule has 0 aliphatic heterocycles. The van der Waals surface area contributed by atoms with Gasteiger partial charge in [-0.2, -0.15) is 30.0 Å². The van der Waals surface area contributed by atoms with Crippen LogP contribution in [-0.4, -0.2) is 48.3 Å². The van der Waals surface area contributed by atoms with Crippen molar-refractivity contribution in [1.82, 2.24) is 10.3 Å². The van der Waals surface area contributed by atoms with Gasteiger partial charge in [-0.05, 0) is 66.7 Å². The lowest BCUT2D eigenvalue weighted by Crippen LogP contribution is -2.25. The summed E-state index contributed by atoms with van der Waals surface area (Å²) in [5.41, 5.74) is 2.96.